The van der Waals surface area contributed by atoms with Crippen LogP contribution < -0.4 is 15.8 Å². The molecular weight excluding hydrogens is 414 g/mol. The number of benzene rings is 2. The number of nitrogen functional groups attached to an aromatic ring is 1. The number of anilines is 1. The number of aromatic nitrogens is 2. The van der Waals surface area contributed by atoms with Gasteiger partial charge in [0.15, 0.2) is 5.82 Å². The Hall–Kier alpha value is -3.50. The van der Waals surface area contributed by atoms with Crippen molar-refractivity contribution in [2.75, 3.05) is 18.9 Å². The third kappa shape index (κ3) is 5.29. The Morgan fingerprint density at radius 1 is 1.30 bits per heavy atom. The molecule has 2 aromatic carbocycles. The number of fused-ring (bicyclic) bond motifs is 1. The first kappa shape index (κ1) is 22.7. The van der Waals surface area contributed by atoms with Crippen LogP contribution in [0.1, 0.15) is 48.8 Å². The minimum Gasteiger partial charge on any atom is -0.481 e. The van der Waals surface area contributed by atoms with E-state index in [0.717, 1.165) is 43.5 Å². The third-order valence-corrected chi connectivity index (χ3v) is 6.28. The van der Waals surface area contributed by atoms with Crippen LogP contribution in [0.3, 0.4) is 0 Å². The summed E-state index contributed by atoms with van der Waals surface area (Å²) in [6.45, 7) is 3.71. The van der Waals surface area contributed by atoms with Gasteiger partial charge in [-0.3, -0.25) is 4.79 Å². The van der Waals surface area contributed by atoms with E-state index < -0.39 is 0 Å². The number of imidazole rings is 1. The maximum absolute atomic E-state index is 13.3. The van der Waals surface area contributed by atoms with Gasteiger partial charge < -0.3 is 25.7 Å². The number of nitrogens with zero attached hydrogens (tertiary/aromatic N) is 2. The molecule has 0 spiro atoms. The van der Waals surface area contributed by atoms with Crippen LogP contribution in [0.15, 0.2) is 42.5 Å². The number of aromatic amines is 1. The molecule has 1 amide bonds. The minimum atomic E-state index is -0.0682. The molecule has 1 fully saturated rings. The molecule has 7 nitrogen and oxygen atoms in total. The van der Waals surface area contributed by atoms with Crippen LogP contribution in [0.4, 0.5) is 5.69 Å². The maximum Gasteiger partial charge on any atom is 0.289 e. The highest BCUT2D eigenvalue weighted by molar-refractivity contribution is 5.97. The fourth-order valence-electron chi connectivity index (χ4n) is 4.58. The lowest BCUT2D eigenvalue weighted by molar-refractivity contribution is 0.0617. The fourth-order valence-corrected chi connectivity index (χ4v) is 4.58. The Labute approximate surface area is 194 Å². The molecule has 1 aromatic heterocycles. The lowest BCUT2D eigenvalue weighted by atomic mass is 9.89. The second-order valence-corrected chi connectivity index (χ2v) is 8.45. The number of hydrogen-bond donors (Lipinski definition) is 3. The van der Waals surface area contributed by atoms with E-state index in [-0.39, 0.29) is 18.6 Å². The van der Waals surface area contributed by atoms with E-state index in [9.17, 15) is 4.79 Å². The summed E-state index contributed by atoms with van der Waals surface area (Å²) in [5.74, 6) is 3.53. The van der Waals surface area contributed by atoms with Gasteiger partial charge in [0.1, 0.15) is 17.9 Å². The van der Waals surface area contributed by atoms with Crippen molar-refractivity contribution >= 4 is 22.6 Å². The number of terminal acetylenes is 1. The highest BCUT2D eigenvalue weighted by Crippen LogP contribution is 2.26. The Balaban J connectivity index is 1.37. The van der Waals surface area contributed by atoms with E-state index in [2.05, 4.69) is 21.2 Å². The molecule has 0 unspecified atom stereocenters. The predicted octanol–water partition coefficient (Wildman–Crippen LogP) is 3.72. The molecule has 33 heavy (non-hydrogen) atoms. The Kier molecular flexibility index (Phi) is 7.16. The molecule has 0 bridgehead atoms. The van der Waals surface area contributed by atoms with Crippen molar-refractivity contribution in [2.45, 2.75) is 51.2 Å². The Morgan fingerprint density at radius 3 is 2.85 bits per heavy atom. The molecule has 1 aliphatic rings. The monoisotopic (exact) mass is 445 g/mol. The molecule has 1 aliphatic carbocycles. The first-order valence-corrected chi connectivity index (χ1v) is 11.5. The summed E-state index contributed by atoms with van der Waals surface area (Å²) < 4.78 is 5.43. The highest BCUT2D eigenvalue weighted by atomic mass is 16.5. The van der Waals surface area contributed by atoms with Gasteiger partial charge in [0.05, 0.1) is 11.2 Å². The zero-order valence-corrected chi connectivity index (χ0v) is 19.0. The molecule has 172 valence electrons. The highest BCUT2D eigenvalue weighted by Gasteiger charge is 2.30. The SMILES string of the molecule is C#CCOc1ccc(CN[C@@H]2CCC[C@H](N(CC)C(=O)c3nc4c(N)cccc4[nH]3)C2)cc1. The number of rotatable bonds is 8. The van der Waals surface area contributed by atoms with Crippen LogP contribution >= 0.6 is 0 Å². The largest absolute Gasteiger partial charge is 0.481 e. The summed E-state index contributed by atoms with van der Waals surface area (Å²) in [5, 5.41) is 3.67. The minimum absolute atomic E-state index is 0.0682. The number of nitrogens with one attached hydrogen (secondary N) is 2. The van der Waals surface area contributed by atoms with Crippen molar-refractivity contribution in [3.8, 4) is 18.1 Å². The lowest BCUT2D eigenvalue weighted by Crippen LogP contribution is -2.47. The molecule has 0 aliphatic heterocycles. The summed E-state index contributed by atoms with van der Waals surface area (Å²) in [5.41, 5.74) is 9.22. The van der Waals surface area contributed by atoms with Crippen molar-refractivity contribution in [1.29, 1.82) is 0 Å². The average Bonchev–Trinajstić information content (AvgIpc) is 3.29. The molecule has 0 saturated heterocycles. The van der Waals surface area contributed by atoms with E-state index in [1.807, 2.05) is 48.2 Å². The third-order valence-electron chi connectivity index (χ3n) is 6.28. The van der Waals surface area contributed by atoms with Crippen LogP contribution in [0.5, 0.6) is 5.75 Å². The van der Waals surface area contributed by atoms with Crippen molar-refractivity contribution in [3.05, 3.63) is 53.9 Å². The molecule has 2 atom stereocenters. The van der Waals surface area contributed by atoms with Crippen LogP contribution in [-0.4, -0.2) is 46.0 Å². The molecule has 1 heterocycles. The molecule has 7 heteroatoms. The van der Waals surface area contributed by atoms with Crippen LogP contribution in [-0.2, 0) is 6.54 Å². The molecule has 1 saturated carbocycles. The van der Waals surface area contributed by atoms with Crippen molar-refractivity contribution < 1.29 is 9.53 Å². The summed E-state index contributed by atoms with van der Waals surface area (Å²) in [6.07, 6.45) is 9.34. The quantitative estimate of drug-likeness (QED) is 0.363. The molecule has 4 N–H and O–H groups in total. The molecule has 3 aromatic rings. The summed E-state index contributed by atoms with van der Waals surface area (Å²) in [7, 11) is 0. The van der Waals surface area contributed by atoms with Crippen LogP contribution in [0, 0.1) is 12.3 Å². The molecular formula is C26H31N5O2. The van der Waals surface area contributed by atoms with E-state index in [1.165, 1.54) is 5.56 Å². The first-order valence-electron chi connectivity index (χ1n) is 11.5. The number of nitrogens with two attached hydrogens (primary N) is 1. The fraction of sp³-hybridized carbons (Fsp3) is 0.385. The Bertz CT molecular complexity index is 1130. The van der Waals surface area contributed by atoms with Gasteiger partial charge >= 0.3 is 0 Å². The number of amides is 1. The van der Waals surface area contributed by atoms with E-state index >= 15 is 0 Å². The normalized spacial score (nSPS) is 18.1. The summed E-state index contributed by atoms with van der Waals surface area (Å²) in [6, 6.07) is 14.1. The second kappa shape index (κ2) is 10.4. The zero-order valence-electron chi connectivity index (χ0n) is 19.0. The van der Waals surface area contributed by atoms with Gasteiger partial charge in [-0.25, -0.2) is 4.98 Å². The molecule has 0 radical (unpaired) electrons. The number of ether oxygens (including phenoxy) is 1. The van der Waals surface area contributed by atoms with Gasteiger partial charge in [-0.05, 0) is 62.4 Å². The van der Waals surface area contributed by atoms with Crippen LogP contribution in [0.25, 0.3) is 11.0 Å². The molecule has 4 rings (SSSR count). The topological polar surface area (TPSA) is 96.3 Å². The first-order chi connectivity index (χ1) is 16.1. The van der Waals surface area contributed by atoms with Gasteiger partial charge in [-0.15, -0.1) is 6.42 Å². The van der Waals surface area contributed by atoms with Crippen LogP contribution in [0.2, 0.25) is 0 Å². The average molecular weight is 446 g/mol. The summed E-state index contributed by atoms with van der Waals surface area (Å²) in [4.78, 5) is 22.9. The zero-order chi connectivity index (χ0) is 23.2. The van der Waals surface area contributed by atoms with Gasteiger partial charge in [0.2, 0.25) is 0 Å². The van der Waals surface area contributed by atoms with Crippen molar-refractivity contribution in [1.82, 2.24) is 20.2 Å². The van der Waals surface area contributed by atoms with Gasteiger partial charge in [-0.2, -0.15) is 0 Å². The number of carbonyl (C=O) groups excluding carboxylic acids is 1. The second-order valence-electron chi connectivity index (χ2n) is 8.45. The lowest BCUT2D eigenvalue weighted by Gasteiger charge is -2.37. The van der Waals surface area contributed by atoms with Gasteiger partial charge in [-0.1, -0.05) is 24.1 Å². The van der Waals surface area contributed by atoms with Crippen molar-refractivity contribution in [3.63, 3.8) is 0 Å². The number of hydrogen-bond acceptors (Lipinski definition) is 5. The maximum atomic E-state index is 13.3. The number of para-hydroxylation sites is 1. The van der Waals surface area contributed by atoms with Gasteiger partial charge in [0.25, 0.3) is 5.91 Å². The Morgan fingerprint density at radius 2 is 2.12 bits per heavy atom. The van der Waals surface area contributed by atoms with E-state index in [0.29, 0.717) is 29.6 Å². The summed E-state index contributed by atoms with van der Waals surface area (Å²) >= 11 is 0. The predicted molar refractivity (Wildman–Crippen MR) is 131 cm³/mol. The van der Waals surface area contributed by atoms with E-state index in [1.54, 1.807) is 6.07 Å². The number of carbonyl (C=O) groups is 1. The number of H-pyrrole nitrogens is 1. The standard InChI is InChI=1S/C26H31N5O2/c1-3-15-33-21-13-11-18(12-14-21)17-28-19-7-5-8-20(16-19)31(4-2)26(32)25-29-23-10-6-9-22(27)24(23)30-25/h1,6,9-14,19-20,28H,4-5,7-8,15-17,27H2,2H3,(H,29,30)/t19-,20+/m1/s1. The van der Waals surface area contributed by atoms with Gasteiger partial charge in [0, 0.05) is 25.2 Å². The van der Waals surface area contributed by atoms with Crippen molar-refractivity contribution in [2.24, 2.45) is 0 Å². The smallest absolute Gasteiger partial charge is 0.289 e. The van der Waals surface area contributed by atoms with E-state index in [4.69, 9.17) is 16.9 Å².